The molecule has 1 aliphatic heterocycles. The molecule has 1 aromatic rings. The van der Waals surface area contributed by atoms with Gasteiger partial charge in [-0.2, -0.15) is 0 Å². The maximum absolute atomic E-state index is 10.8. The standard InChI is InChI=1S/C11H13NO/c1-12-7-6-9(8-13)10-4-2-3-5-11(10)12/h2-5,8-9H,6-7H2,1H3/t9-/m1/s1. The largest absolute Gasteiger partial charge is 0.374 e. The van der Waals surface area contributed by atoms with Gasteiger partial charge >= 0.3 is 0 Å². The normalized spacial score (nSPS) is 21.0. The number of hydrogen-bond acceptors (Lipinski definition) is 2. The number of fused-ring (bicyclic) bond motifs is 1. The van der Waals surface area contributed by atoms with E-state index in [9.17, 15) is 4.79 Å². The van der Waals surface area contributed by atoms with Crippen LogP contribution in [0, 0.1) is 0 Å². The van der Waals surface area contributed by atoms with E-state index in [1.807, 2.05) is 18.2 Å². The van der Waals surface area contributed by atoms with Gasteiger partial charge in [-0.3, -0.25) is 0 Å². The summed E-state index contributed by atoms with van der Waals surface area (Å²) in [6, 6.07) is 8.13. The van der Waals surface area contributed by atoms with Crippen LogP contribution in [-0.2, 0) is 4.79 Å². The topological polar surface area (TPSA) is 20.3 Å². The predicted molar refractivity (Wildman–Crippen MR) is 53.1 cm³/mol. The molecule has 2 nitrogen and oxygen atoms in total. The average Bonchev–Trinajstić information content (AvgIpc) is 2.19. The fourth-order valence-corrected chi connectivity index (χ4v) is 1.90. The Morgan fingerprint density at radius 3 is 3.00 bits per heavy atom. The van der Waals surface area contributed by atoms with E-state index in [-0.39, 0.29) is 5.92 Å². The van der Waals surface area contributed by atoms with Crippen LogP contribution in [0.15, 0.2) is 24.3 Å². The quantitative estimate of drug-likeness (QED) is 0.607. The summed E-state index contributed by atoms with van der Waals surface area (Å²) in [6.45, 7) is 0.973. The Hall–Kier alpha value is -1.31. The lowest BCUT2D eigenvalue weighted by atomic mass is 9.91. The lowest BCUT2D eigenvalue weighted by Gasteiger charge is -2.30. The Morgan fingerprint density at radius 2 is 2.23 bits per heavy atom. The minimum absolute atomic E-state index is 0.104. The monoisotopic (exact) mass is 175 g/mol. The van der Waals surface area contributed by atoms with Crippen molar-refractivity contribution < 1.29 is 4.79 Å². The fourth-order valence-electron chi connectivity index (χ4n) is 1.90. The smallest absolute Gasteiger partial charge is 0.127 e. The van der Waals surface area contributed by atoms with Crippen LogP contribution in [0.5, 0.6) is 0 Å². The third kappa shape index (κ3) is 1.32. The van der Waals surface area contributed by atoms with E-state index in [1.54, 1.807) is 0 Å². The van der Waals surface area contributed by atoms with Crippen LogP contribution in [0.25, 0.3) is 0 Å². The second-order valence-electron chi connectivity index (χ2n) is 3.51. The summed E-state index contributed by atoms with van der Waals surface area (Å²) in [6.07, 6.45) is 2.00. The predicted octanol–water partition coefficient (Wildman–Crippen LogP) is 1.81. The number of para-hydroxylation sites is 1. The minimum Gasteiger partial charge on any atom is -0.374 e. The summed E-state index contributed by atoms with van der Waals surface area (Å²) in [5.41, 5.74) is 2.37. The average molecular weight is 175 g/mol. The second kappa shape index (κ2) is 3.21. The van der Waals surface area contributed by atoms with Crippen molar-refractivity contribution in [2.45, 2.75) is 12.3 Å². The molecule has 0 saturated heterocycles. The Kier molecular flexibility index (Phi) is 2.05. The molecule has 0 saturated carbocycles. The van der Waals surface area contributed by atoms with Gasteiger partial charge in [0.25, 0.3) is 0 Å². The number of hydrogen-bond donors (Lipinski definition) is 0. The first-order valence-electron chi connectivity index (χ1n) is 4.58. The molecule has 0 radical (unpaired) electrons. The molecule has 68 valence electrons. The second-order valence-corrected chi connectivity index (χ2v) is 3.51. The maximum Gasteiger partial charge on any atom is 0.127 e. The van der Waals surface area contributed by atoms with Crippen LogP contribution in [-0.4, -0.2) is 19.9 Å². The van der Waals surface area contributed by atoms with Crippen molar-refractivity contribution in [1.29, 1.82) is 0 Å². The SMILES string of the molecule is CN1CC[C@H](C=O)c2ccccc21. The summed E-state index contributed by atoms with van der Waals surface area (Å²) in [7, 11) is 2.07. The summed E-state index contributed by atoms with van der Waals surface area (Å²) in [5.74, 6) is 0.104. The Bertz CT molecular complexity index is 322. The van der Waals surface area contributed by atoms with Crippen LogP contribution < -0.4 is 4.90 Å². The molecule has 13 heavy (non-hydrogen) atoms. The summed E-state index contributed by atoms with van der Waals surface area (Å²) >= 11 is 0. The van der Waals surface area contributed by atoms with Crippen molar-refractivity contribution in [1.82, 2.24) is 0 Å². The van der Waals surface area contributed by atoms with Gasteiger partial charge in [-0.25, -0.2) is 0 Å². The molecule has 2 rings (SSSR count). The lowest BCUT2D eigenvalue weighted by molar-refractivity contribution is -0.109. The van der Waals surface area contributed by atoms with Crippen LogP contribution in [0.3, 0.4) is 0 Å². The summed E-state index contributed by atoms with van der Waals surface area (Å²) < 4.78 is 0. The third-order valence-corrected chi connectivity index (χ3v) is 2.69. The molecule has 1 aliphatic rings. The molecular weight excluding hydrogens is 162 g/mol. The van der Waals surface area contributed by atoms with E-state index in [1.165, 1.54) is 11.3 Å². The number of benzene rings is 1. The number of nitrogens with zero attached hydrogens (tertiary/aromatic N) is 1. The molecule has 0 spiro atoms. The fraction of sp³-hybridized carbons (Fsp3) is 0.364. The molecule has 0 aromatic heterocycles. The summed E-state index contributed by atoms with van der Waals surface area (Å²) in [5, 5.41) is 0. The first-order chi connectivity index (χ1) is 6.33. The van der Waals surface area contributed by atoms with E-state index in [0.29, 0.717) is 0 Å². The first kappa shape index (κ1) is 8.30. The van der Waals surface area contributed by atoms with Crippen molar-refractivity contribution in [3.8, 4) is 0 Å². The van der Waals surface area contributed by atoms with Gasteiger partial charge in [-0.05, 0) is 18.1 Å². The van der Waals surface area contributed by atoms with Gasteiger partial charge in [-0.1, -0.05) is 18.2 Å². The number of anilines is 1. The number of carbonyl (C=O) groups is 1. The van der Waals surface area contributed by atoms with Gasteiger partial charge in [0.1, 0.15) is 6.29 Å². The zero-order chi connectivity index (χ0) is 9.26. The molecular formula is C11H13NO. The van der Waals surface area contributed by atoms with Crippen LogP contribution in [0.2, 0.25) is 0 Å². The Balaban J connectivity index is 2.47. The molecule has 0 N–H and O–H groups in total. The maximum atomic E-state index is 10.8. The third-order valence-electron chi connectivity index (χ3n) is 2.69. The first-order valence-corrected chi connectivity index (χ1v) is 4.58. The van der Waals surface area contributed by atoms with Crippen LogP contribution in [0.1, 0.15) is 17.9 Å². The van der Waals surface area contributed by atoms with Crippen LogP contribution >= 0.6 is 0 Å². The lowest BCUT2D eigenvalue weighted by Crippen LogP contribution is -2.27. The zero-order valence-corrected chi connectivity index (χ0v) is 7.73. The zero-order valence-electron chi connectivity index (χ0n) is 7.73. The van der Waals surface area contributed by atoms with Gasteiger partial charge in [0.2, 0.25) is 0 Å². The van der Waals surface area contributed by atoms with Crippen molar-refractivity contribution in [2.24, 2.45) is 0 Å². The van der Waals surface area contributed by atoms with E-state index < -0.39 is 0 Å². The highest BCUT2D eigenvalue weighted by Crippen LogP contribution is 2.32. The van der Waals surface area contributed by atoms with E-state index in [0.717, 1.165) is 19.3 Å². The number of aldehydes is 1. The molecule has 0 bridgehead atoms. The Morgan fingerprint density at radius 1 is 1.46 bits per heavy atom. The van der Waals surface area contributed by atoms with Crippen LogP contribution in [0.4, 0.5) is 5.69 Å². The van der Waals surface area contributed by atoms with E-state index in [2.05, 4.69) is 18.0 Å². The molecule has 1 atom stereocenters. The molecule has 0 amide bonds. The van der Waals surface area contributed by atoms with Crippen molar-refractivity contribution >= 4 is 12.0 Å². The number of rotatable bonds is 1. The van der Waals surface area contributed by atoms with Gasteiger partial charge in [0.05, 0.1) is 0 Å². The van der Waals surface area contributed by atoms with E-state index >= 15 is 0 Å². The van der Waals surface area contributed by atoms with E-state index in [4.69, 9.17) is 0 Å². The van der Waals surface area contributed by atoms with Gasteiger partial charge in [0, 0.05) is 25.2 Å². The van der Waals surface area contributed by atoms with Crippen molar-refractivity contribution in [3.05, 3.63) is 29.8 Å². The van der Waals surface area contributed by atoms with Gasteiger partial charge in [0.15, 0.2) is 0 Å². The highest BCUT2D eigenvalue weighted by Gasteiger charge is 2.21. The molecule has 0 fully saturated rings. The van der Waals surface area contributed by atoms with Crippen molar-refractivity contribution in [3.63, 3.8) is 0 Å². The molecule has 0 aliphatic carbocycles. The van der Waals surface area contributed by atoms with Gasteiger partial charge in [-0.15, -0.1) is 0 Å². The Labute approximate surface area is 78.2 Å². The highest BCUT2D eigenvalue weighted by molar-refractivity contribution is 5.70. The number of carbonyl (C=O) groups excluding carboxylic acids is 1. The van der Waals surface area contributed by atoms with Gasteiger partial charge < -0.3 is 9.69 Å². The summed E-state index contributed by atoms with van der Waals surface area (Å²) in [4.78, 5) is 13.0. The van der Waals surface area contributed by atoms with Crippen molar-refractivity contribution in [2.75, 3.05) is 18.5 Å². The molecule has 1 heterocycles. The highest BCUT2D eigenvalue weighted by atomic mass is 16.1. The molecule has 0 unspecified atom stereocenters. The molecule has 1 aromatic carbocycles. The molecule has 2 heteroatoms. The minimum atomic E-state index is 0.104.